The van der Waals surface area contributed by atoms with Crippen molar-refractivity contribution in [2.75, 3.05) is 5.32 Å². The molecule has 0 aromatic heterocycles. The van der Waals surface area contributed by atoms with Gasteiger partial charge in [0.05, 0.1) is 16.9 Å². The smallest absolute Gasteiger partial charge is 0.410 e. The molecule has 136 valence electrons. The van der Waals surface area contributed by atoms with Crippen LogP contribution in [0.2, 0.25) is 0 Å². The van der Waals surface area contributed by atoms with Gasteiger partial charge in [-0.15, -0.1) is 0 Å². The van der Waals surface area contributed by atoms with Crippen LogP contribution in [0, 0.1) is 5.82 Å². The lowest BCUT2D eigenvalue weighted by atomic mass is 9.77. The van der Waals surface area contributed by atoms with Gasteiger partial charge in [0.25, 0.3) is 0 Å². The van der Waals surface area contributed by atoms with Gasteiger partial charge >= 0.3 is 13.2 Å². The highest BCUT2D eigenvalue weighted by Gasteiger charge is 2.52. The van der Waals surface area contributed by atoms with Crippen molar-refractivity contribution in [1.29, 1.82) is 0 Å². The van der Waals surface area contributed by atoms with Crippen molar-refractivity contribution < 1.29 is 23.2 Å². The summed E-state index contributed by atoms with van der Waals surface area (Å²) < 4.78 is 31.5. The van der Waals surface area contributed by atoms with Crippen molar-refractivity contribution in [3.8, 4) is 5.75 Å². The van der Waals surface area contributed by atoms with Gasteiger partial charge in [-0.05, 0) is 45.9 Å². The van der Waals surface area contributed by atoms with Gasteiger partial charge < -0.3 is 14.0 Å². The van der Waals surface area contributed by atoms with E-state index in [4.69, 9.17) is 14.0 Å². The van der Waals surface area contributed by atoms with E-state index in [-0.39, 0.29) is 5.69 Å². The molecule has 0 aliphatic carbocycles. The van der Waals surface area contributed by atoms with E-state index in [9.17, 15) is 9.18 Å². The maximum Gasteiger partial charge on any atom is 0.497 e. The number of amides is 1. The highest BCUT2D eigenvalue weighted by atomic mass is 19.1. The highest BCUT2D eigenvalue weighted by molar-refractivity contribution is 6.64. The second-order valence-corrected chi connectivity index (χ2v) is 7.12. The third-order valence-corrected chi connectivity index (χ3v) is 4.73. The van der Waals surface area contributed by atoms with Gasteiger partial charge in [0, 0.05) is 5.46 Å². The number of rotatable bonds is 3. The maximum atomic E-state index is 14.4. The van der Waals surface area contributed by atoms with Crippen molar-refractivity contribution >= 4 is 24.4 Å². The third-order valence-electron chi connectivity index (χ3n) is 4.73. The van der Waals surface area contributed by atoms with Crippen LogP contribution in [-0.2, 0) is 9.31 Å². The lowest BCUT2D eigenvalue weighted by Crippen LogP contribution is -2.41. The van der Waals surface area contributed by atoms with E-state index in [1.807, 2.05) is 27.7 Å². The maximum absolute atomic E-state index is 14.4. The van der Waals surface area contributed by atoms with Gasteiger partial charge in [-0.1, -0.05) is 30.3 Å². The van der Waals surface area contributed by atoms with E-state index < -0.39 is 30.2 Å². The molecule has 2 aromatic rings. The summed E-state index contributed by atoms with van der Waals surface area (Å²) in [4.78, 5) is 12.2. The van der Waals surface area contributed by atoms with Gasteiger partial charge in [-0.3, -0.25) is 5.32 Å². The predicted octanol–water partition coefficient (Wildman–Crippen LogP) is 3.74. The molecule has 1 saturated heterocycles. The van der Waals surface area contributed by atoms with E-state index in [2.05, 4.69) is 5.32 Å². The minimum atomic E-state index is -0.803. The Morgan fingerprint density at radius 3 is 2.23 bits per heavy atom. The molecule has 1 N–H and O–H groups in total. The SMILES string of the molecule is CC1(C)OB(c2cccc(F)c2NC(=O)Oc2ccccc2)OC1(C)C. The van der Waals surface area contributed by atoms with Gasteiger partial charge in [0.2, 0.25) is 0 Å². The number of hydrogen-bond acceptors (Lipinski definition) is 4. The zero-order valence-corrected chi connectivity index (χ0v) is 15.2. The lowest BCUT2D eigenvalue weighted by molar-refractivity contribution is 0.00578. The molecule has 0 unspecified atom stereocenters. The molecular weight excluding hydrogens is 336 g/mol. The number of halogens is 1. The van der Waals surface area contributed by atoms with Crippen LogP contribution in [-0.4, -0.2) is 24.4 Å². The first kappa shape index (κ1) is 18.4. The summed E-state index contributed by atoms with van der Waals surface area (Å²) in [6.45, 7) is 7.62. The molecule has 0 bridgehead atoms. The number of benzene rings is 2. The van der Waals surface area contributed by atoms with Crippen LogP contribution in [0.1, 0.15) is 27.7 Å². The summed E-state index contributed by atoms with van der Waals surface area (Å²) in [5, 5.41) is 2.46. The van der Waals surface area contributed by atoms with E-state index in [1.54, 1.807) is 42.5 Å². The fourth-order valence-electron chi connectivity index (χ4n) is 2.56. The van der Waals surface area contributed by atoms with E-state index in [1.165, 1.54) is 6.07 Å². The van der Waals surface area contributed by atoms with Crippen molar-refractivity contribution in [2.24, 2.45) is 0 Å². The monoisotopic (exact) mass is 357 g/mol. The molecule has 7 heteroatoms. The topological polar surface area (TPSA) is 56.8 Å². The Labute approximate surface area is 152 Å². The highest BCUT2D eigenvalue weighted by Crippen LogP contribution is 2.37. The second-order valence-electron chi connectivity index (χ2n) is 7.12. The molecule has 1 heterocycles. The Hall–Kier alpha value is -2.38. The van der Waals surface area contributed by atoms with Gasteiger partial charge in [-0.2, -0.15) is 0 Å². The van der Waals surface area contributed by atoms with Gasteiger partial charge in [-0.25, -0.2) is 9.18 Å². The molecule has 3 rings (SSSR count). The van der Waals surface area contributed by atoms with Crippen LogP contribution in [0.25, 0.3) is 0 Å². The van der Waals surface area contributed by atoms with Crippen LogP contribution < -0.4 is 15.5 Å². The molecule has 1 fully saturated rings. The zero-order valence-electron chi connectivity index (χ0n) is 15.2. The molecule has 0 saturated carbocycles. The third kappa shape index (κ3) is 3.59. The Morgan fingerprint density at radius 1 is 1.00 bits per heavy atom. The molecule has 5 nitrogen and oxygen atoms in total. The lowest BCUT2D eigenvalue weighted by Gasteiger charge is -2.32. The molecule has 1 amide bonds. The average Bonchev–Trinajstić information content (AvgIpc) is 2.78. The fraction of sp³-hybridized carbons (Fsp3) is 0.316. The molecule has 0 spiro atoms. The Morgan fingerprint density at radius 2 is 1.62 bits per heavy atom. The number of hydrogen-bond donors (Lipinski definition) is 1. The summed E-state index contributed by atoms with van der Waals surface area (Å²) in [5.41, 5.74) is -0.780. The fourth-order valence-corrected chi connectivity index (χ4v) is 2.56. The van der Waals surface area contributed by atoms with Crippen LogP contribution >= 0.6 is 0 Å². The predicted molar refractivity (Wildman–Crippen MR) is 98.2 cm³/mol. The largest absolute Gasteiger partial charge is 0.497 e. The summed E-state index contributed by atoms with van der Waals surface area (Å²) >= 11 is 0. The normalized spacial score (nSPS) is 17.8. The first-order valence-corrected chi connectivity index (χ1v) is 8.37. The van der Waals surface area contributed by atoms with Crippen molar-refractivity contribution in [2.45, 2.75) is 38.9 Å². The minimum absolute atomic E-state index is 0.0214. The van der Waals surface area contributed by atoms with Crippen LogP contribution in [0.3, 0.4) is 0 Å². The number of ether oxygens (including phenoxy) is 1. The summed E-state index contributed by atoms with van der Waals surface area (Å²) in [7, 11) is -0.803. The Balaban J connectivity index is 1.83. The van der Waals surface area contributed by atoms with Crippen molar-refractivity contribution in [1.82, 2.24) is 0 Å². The summed E-state index contributed by atoms with van der Waals surface area (Å²) in [5.74, 6) is -0.235. The van der Waals surface area contributed by atoms with Crippen LogP contribution in [0.5, 0.6) is 5.75 Å². The second kappa shape index (κ2) is 6.74. The molecule has 0 radical (unpaired) electrons. The molecule has 0 atom stereocenters. The number of para-hydroxylation sites is 2. The standard InChI is InChI=1S/C19H21BFNO4/c1-18(2)19(3,4)26-20(25-18)14-11-8-12-15(21)16(14)22-17(23)24-13-9-6-5-7-10-13/h5-12H,1-4H3,(H,22,23). The Kier molecular flexibility index (Phi) is 4.77. The van der Waals surface area contributed by atoms with Crippen LogP contribution in [0.15, 0.2) is 48.5 Å². The molecule has 1 aliphatic rings. The minimum Gasteiger partial charge on any atom is -0.410 e. The van der Waals surface area contributed by atoms with E-state index in [0.717, 1.165) is 0 Å². The summed E-state index contributed by atoms with van der Waals surface area (Å²) in [6.07, 6.45) is -0.793. The van der Waals surface area contributed by atoms with Crippen molar-refractivity contribution in [3.63, 3.8) is 0 Å². The van der Waals surface area contributed by atoms with Crippen molar-refractivity contribution in [3.05, 3.63) is 54.3 Å². The quantitative estimate of drug-likeness (QED) is 0.851. The van der Waals surface area contributed by atoms with E-state index >= 15 is 0 Å². The summed E-state index contributed by atoms with van der Waals surface area (Å²) in [6, 6.07) is 13.0. The van der Waals surface area contributed by atoms with Gasteiger partial charge in [0.15, 0.2) is 0 Å². The number of nitrogens with one attached hydrogen (secondary N) is 1. The number of carbonyl (C=O) groups is 1. The first-order valence-electron chi connectivity index (χ1n) is 8.37. The molecular formula is C19H21BFNO4. The van der Waals surface area contributed by atoms with Gasteiger partial charge in [0.1, 0.15) is 11.6 Å². The van der Waals surface area contributed by atoms with Crippen LogP contribution in [0.4, 0.5) is 14.9 Å². The number of carbonyl (C=O) groups excluding carboxylic acids is 1. The Bertz CT molecular complexity index is 794. The molecule has 2 aromatic carbocycles. The average molecular weight is 357 g/mol. The number of anilines is 1. The molecule has 1 aliphatic heterocycles. The first-order chi connectivity index (χ1) is 12.2. The van der Waals surface area contributed by atoms with E-state index in [0.29, 0.717) is 11.2 Å². The molecule has 26 heavy (non-hydrogen) atoms. The zero-order chi connectivity index (χ0) is 18.9.